The topological polar surface area (TPSA) is 38.8 Å². The molecule has 0 atom stereocenters. The van der Waals surface area contributed by atoms with Gasteiger partial charge in [-0.2, -0.15) is 0 Å². The van der Waals surface area contributed by atoms with E-state index in [0.717, 1.165) is 17.5 Å². The number of nitrogens with zero attached hydrogens (tertiary/aromatic N) is 1. The van der Waals surface area contributed by atoms with E-state index >= 15 is 0 Å². The van der Waals surface area contributed by atoms with Gasteiger partial charge in [-0.25, -0.2) is 0 Å². The molecule has 2 rings (SSSR count). The summed E-state index contributed by atoms with van der Waals surface area (Å²) in [6.45, 7) is 0.631. The Morgan fingerprint density at radius 2 is 2.10 bits per heavy atom. The molecule has 0 spiro atoms. The van der Waals surface area contributed by atoms with Crippen LogP contribution in [0.3, 0.4) is 0 Å². The highest BCUT2D eigenvalue weighted by molar-refractivity contribution is 6.17. The fraction of sp³-hybridized carbons (Fsp3) is 0.400. The molecule has 0 N–H and O–H groups in total. The molecule has 0 radical (unpaired) electrons. The first kappa shape index (κ1) is 14.7. The molecule has 0 saturated carbocycles. The Morgan fingerprint density at radius 1 is 1.30 bits per heavy atom. The SMILES string of the molecule is COc1ccc2c(c1OC)CC(=O)N(CCCCl)C=C2. The predicted octanol–water partition coefficient (Wildman–Crippen LogP) is 2.69. The Hall–Kier alpha value is -1.68. The van der Waals surface area contributed by atoms with Crippen LogP contribution in [-0.4, -0.2) is 37.5 Å². The summed E-state index contributed by atoms with van der Waals surface area (Å²) < 4.78 is 10.7. The molecule has 108 valence electrons. The van der Waals surface area contributed by atoms with Crippen LogP contribution in [0.5, 0.6) is 11.5 Å². The molecular weight excluding hydrogens is 278 g/mol. The molecule has 1 aliphatic heterocycles. The van der Waals surface area contributed by atoms with Gasteiger partial charge >= 0.3 is 0 Å². The third-order valence-corrected chi connectivity index (χ3v) is 3.57. The van der Waals surface area contributed by atoms with Gasteiger partial charge in [-0.15, -0.1) is 11.6 Å². The van der Waals surface area contributed by atoms with E-state index in [4.69, 9.17) is 21.1 Å². The Kier molecular flexibility index (Phi) is 4.90. The molecule has 1 heterocycles. The Bertz CT molecular complexity index is 528. The predicted molar refractivity (Wildman–Crippen MR) is 79.3 cm³/mol. The van der Waals surface area contributed by atoms with Crippen molar-refractivity contribution in [2.75, 3.05) is 26.6 Å². The number of fused-ring (bicyclic) bond motifs is 1. The maximum Gasteiger partial charge on any atom is 0.231 e. The van der Waals surface area contributed by atoms with Crippen LogP contribution in [-0.2, 0) is 11.2 Å². The number of halogens is 1. The van der Waals surface area contributed by atoms with E-state index in [0.29, 0.717) is 30.3 Å². The first-order chi connectivity index (χ1) is 9.71. The molecule has 1 aliphatic rings. The Labute approximate surface area is 123 Å². The first-order valence-corrected chi connectivity index (χ1v) is 7.02. The number of hydrogen-bond donors (Lipinski definition) is 0. The summed E-state index contributed by atoms with van der Waals surface area (Å²) in [5, 5.41) is 0. The van der Waals surface area contributed by atoms with Crippen molar-refractivity contribution in [1.29, 1.82) is 0 Å². The van der Waals surface area contributed by atoms with Gasteiger partial charge in [0.05, 0.1) is 20.6 Å². The molecule has 5 heteroatoms. The number of carbonyl (C=O) groups is 1. The lowest BCUT2D eigenvalue weighted by Crippen LogP contribution is -2.27. The lowest BCUT2D eigenvalue weighted by atomic mass is 10.0. The minimum absolute atomic E-state index is 0.0386. The summed E-state index contributed by atoms with van der Waals surface area (Å²) in [5.41, 5.74) is 1.84. The van der Waals surface area contributed by atoms with Gasteiger partial charge in [0.2, 0.25) is 5.91 Å². The first-order valence-electron chi connectivity index (χ1n) is 6.48. The van der Waals surface area contributed by atoms with Crippen molar-refractivity contribution in [3.05, 3.63) is 29.5 Å². The van der Waals surface area contributed by atoms with Crippen molar-refractivity contribution >= 4 is 23.6 Å². The van der Waals surface area contributed by atoms with E-state index in [1.165, 1.54) is 0 Å². The highest BCUT2D eigenvalue weighted by Gasteiger charge is 2.22. The average molecular weight is 296 g/mol. The molecule has 0 saturated heterocycles. The van der Waals surface area contributed by atoms with Crippen molar-refractivity contribution in [1.82, 2.24) is 4.90 Å². The second-order valence-electron chi connectivity index (χ2n) is 4.49. The lowest BCUT2D eigenvalue weighted by molar-refractivity contribution is -0.127. The Balaban J connectivity index is 2.35. The van der Waals surface area contributed by atoms with Crippen LogP contribution in [0.15, 0.2) is 18.3 Å². The molecule has 20 heavy (non-hydrogen) atoms. The van der Waals surface area contributed by atoms with E-state index in [2.05, 4.69) is 0 Å². The van der Waals surface area contributed by atoms with E-state index in [9.17, 15) is 4.79 Å². The zero-order chi connectivity index (χ0) is 14.5. The molecule has 0 aliphatic carbocycles. The summed E-state index contributed by atoms with van der Waals surface area (Å²) in [4.78, 5) is 14.0. The zero-order valence-corrected chi connectivity index (χ0v) is 12.4. The van der Waals surface area contributed by atoms with Gasteiger partial charge in [0.25, 0.3) is 0 Å². The quantitative estimate of drug-likeness (QED) is 0.784. The van der Waals surface area contributed by atoms with Crippen LogP contribution in [0, 0.1) is 0 Å². The van der Waals surface area contributed by atoms with Gasteiger partial charge in [0.15, 0.2) is 11.5 Å². The highest BCUT2D eigenvalue weighted by atomic mass is 35.5. The maximum absolute atomic E-state index is 12.3. The molecule has 0 bridgehead atoms. The Morgan fingerprint density at radius 3 is 2.75 bits per heavy atom. The van der Waals surface area contributed by atoms with E-state index in [1.54, 1.807) is 19.1 Å². The number of alkyl halides is 1. The fourth-order valence-electron chi connectivity index (χ4n) is 2.28. The normalized spacial score (nSPS) is 13.9. The molecule has 0 aromatic heterocycles. The van der Waals surface area contributed by atoms with Crippen LogP contribution in [0.4, 0.5) is 0 Å². The van der Waals surface area contributed by atoms with Crippen molar-refractivity contribution < 1.29 is 14.3 Å². The number of hydrogen-bond acceptors (Lipinski definition) is 3. The summed E-state index contributed by atoms with van der Waals surface area (Å²) in [6, 6.07) is 3.78. The molecule has 1 amide bonds. The third kappa shape index (κ3) is 2.90. The lowest BCUT2D eigenvalue weighted by Gasteiger charge is -2.17. The van der Waals surface area contributed by atoms with Crippen LogP contribution in [0.2, 0.25) is 0 Å². The van der Waals surface area contributed by atoms with E-state index < -0.39 is 0 Å². The summed E-state index contributed by atoms with van der Waals surface area (Å²) in [6.07, 6.45) is 4.81. The van der Waals surface area contributed by atoms with Crippen LogP contribution in [0.1, 0.15) is 17.5 Å². The van der Waals surface area contributed by atoms with Crippen molar-refractivity contribution in [3.63, 3.8) is 0 Å². The summed E-state index contributed by atoms with van der Waals surface area (Å²) in [7, 11) is 3.17. The van der Waals surface area contributed by atoms with Gasteiger partial charge in [-0.1, -0.05) is 6.07 Å². The molecule has 1 aromatic carbocycles. The van der Waals surface area contributed by atoms with Crippen molar-refractivity contribution in [2.45, 2.75) is 12.8 Å². The van der Waals surface area contributed by atoms with Gasteiger partial charge in [-0.05, 0) is 24.1 Å². The monoisotopic (exact) mass is 295 g/mol. The van der Waals surface area contributed by atoms with Gasteiger partial charge in [0.1, 0.15) is 0 Å². The molecule has 0 fully saturated rings. The summed E-state index contributed by atoms with van der Waals surface area (Å²) >= 11 is 5.69. The van der Waals surface area contributed by atoms with Crippen molar-refractivity contribution in [2.24, 2.45) is 0 Å². The maximum atomic E-state index is 12.3. The second-order valence-corrected chi connectivity index (χ2v) is 4.87. The largest absolute Gasteiger partial charge is 0.493 e. The standard InChI is InChI=1S/C15H18ClNO3/c1-19-13-5-4-11-6-9-17(8-3-7-16)14(18)10-12(11)15(13)20-2/h4-6,9H,3,7-8,10H2,1-2H3. The number of ether oxygens (including phenoxy) is 2. The van der Waals surface area contributed by atoms with Crippen molar-refractivity contribution in [3.8, 4) is 11.5 Å². The minimum Gasteiger partial charge on any atom is -0.493 e. The van der Waals surface area contributed by atoms with Crippen LogP contribution in [0.25, 0.3) is 6.08 Å². The van der Waals surface area contributed by atoms with Crippen LogP contribution < -0.4 is 9.47 Å². The fourth-order valence-corrected chi connectivity index (χ4v) is 2.40. The van der Waals surface area contributed by atoms with Gasteiger partial charge in [0, 0.05) is 24.2 Å². The number of carbonyl (C=O) groups excluding carboxylic acids is 1. The molecule has 0 unspecified atom stereocenters. The van der Waals surface area contributed by atoms with E-state index in [-0.39, 0.29) is 5.91 Å². The number of rotatable bonds is 5. The minimum atomic E-state index is 0.0386. The highest BCUT2D eigenvalue weighted by Crippen LogP contribution is 2.35. The molecular formula is C15H18ClNO3. The number of benzene rings is 1. The number of methoxy groups -OCH3 is 2. The summed E-state index contributed by atoms with van der Waals surface area (Å²) in [5.74, 6) is 1.85. The van der Waals surface area contributed by atoms with Gasteiger partial charge in [-0.3, -0.25) is 4.79 Å². The zero-order valence-electron chi connectivity index (χ0n) is 11.7. The average Bonchev–Trinajstić information content (AvgIpc) is 2.62. The second kappa shape index (κ2) is 6.66. The molecule has 1 aromatic rings. The van der Waals surface area contributed by atoms with Gasteiger partial charge < -0.3 is 14.4 Å². The van der Waals surface area contributed by atoms with E-state index in [1.807, 2.05) is 24.4 Å². The molecule has 4 nitrogen and oxygen atoms in total. The number of amides is 1. The third-order valence-electron chi connectivity index (χ3n) is 3.30. The smallest absolute Gasteiger partial charge is 0.231 e. The van der Waals surface area contributed by atoms with Crippen LogP contribution >= 0.6 is 11.6 Å².